The summed E-state index contributed by atoms with van der Waals surface area (Å²) in [4.78, 5) is 4.04. The first-order valence-electron chi connectivity index (χ1n) is 5.59. The van der Waals surface area contributed by atoms with E-state index in [1.165, 1.54) is 0 Å². The molecule has 1 heterocycles. The van der Waals surface area contributed by atoms with Crippen molar-refractivity contribution in [2.24, 2.45) is 5.73 Å². The molecule has 0 saturated carbocycles. The Morgan fingerprint density at radius 1 is 1.33 bits per heavy atom. The highest BCUT2D eigenvalue weighted by Crippen LogP contribution is 2.24. The fraction of sp³-hybridized carbons (Fsp3) is 0.143. The third-order valence-electron chi connectivity index (χ3n) is 2.49. The Bertz CT molecular complexity index is 588. The Kier molecular flexibility index (Phi) is 3.56. The van der Waals surface area contributed by atoms with E-state index in [-0.39, 0.29) is 6.04 Å². The van der Waals surface area contributed by atoms with Crippen molar-refractivity contribution in [2.45, 2.75) is 13.0 Å². The Morgan fingerprint density at radius 2 is 2.17 bits per heavy atom. The number of rotatable bonds is 3. The summed E-state index contributed by atoms with van der Waals surface area (Å²) in [6.07, 6.45) is 1.59. The Balaban J connectivity index is 2.29. The van der Waals surface area contributed by atoms with Crippen LogP contribution in [0.1, 0.15) is 24.1 Å². The van der Waals surface area contributed by atoms with Crippen molar-refractivity contribution in [3.8, 4) is 17.7 Å². The Hall–Kier alpha value is -2.38. The molecule has 18 heavy (non-hydrogen) atoms. The minimum absolute atomic E-state index is 0.0623. The minimum Gasteiger partial charge on any atom is -0.438 e. The van der Waals surface area contributed by atoms with Crippen LogP contribution >= 0.6 is 0 Å². The second-order valence-corrected chi connectivity index (χ2v) is 3.93. The molecule has 0 bridgehead atoms. The largest absolute Gasteiger partial charge is 0.438 e. The van der Waals surface area contributed by atoms with E-state index in [9.17, 15) is 0 Å². The maximum atomic E-state index is 8.95. The van der Waals surface area contributed by atoms with Gasteiger partial charge in [0.15, 0.2) is 0 Å². The van der Waals surface area contributed by atoms with Crippen LogP contribution in [0.15, 0.2) is 42.6 Å². The average Bonchev–Trinajstić information content (AvgIpc) is 2.39. The number of nitriles is 1. The maximum Gasteiger partial charge on any atom is 0.237 e. The summed E-state index contributed by atoms with van der Waals surface area (Å²) < 4.78 is 5.60. The monoisotopic (exact) mass is 239 g/mol. The van der Waals surface area contributed by atoms with Gasteiger partial charge >= 0.3 is 0 Å². The zero-order chi connectivity index (χ0) is 13.0. The number of benzene rings is 1. The smallest absolute Gasteiger partial charge is 0.237 e. The number of pyridine rings is 1. The van der Waals surface area contributed by atoms with Gasteiger partial charge in [0, 0.05) is 12.2 Å². The molecule has 0 radical (unpaired) electrons. The van der Waals surface area contributed by atoms with E-state index in [1.807, 2.05) is 37.3 Å². The number of nitrogens with two attached hydrogens (primary N) is 1. The molecule has 1 atom stereocenters. The van der Waals surface area contributed by atoms with Gasteiger partial charge in [-0.15, -0.1) is 0 Å². The van der Waals surface area contributed by atoms with Crippen molar-refractivity contribution in [1.82, 2.24) is 4.98 Å². The van der Waals surface area contributed by atoms with Crippen molar-refractivity contribution < 1.29 is 4.74 Å². The molecule has 0 fully saturated rings. The van der Waals surface area contributed by atoms with Crippen LogP contribution in [0, 0.1) is 11.3 Å². The molecule has 0 aliphatic carbocycles. The van der Waals surface area contributed by atoms with Gasteiger partial charge in [-0.1, -0.05) is 12.1 Å². The van der Waals surface area contributed by atoms with E-state index in [0.717, 1.165) is 5.56 Å². The van der Waals surface area contributed by atoms with Gasteiger partial charge in [0.05, 0.1) is 0 Å². The van der Waals surface area contributed by atoms with E-state index in [1.54, 1.807) is 18.3 Å². The van der Waals surface area contributed by atoms with Crippen LogP contribution in [0.5, 0.6) is 11.6 Å². The molecule has 0 unspecified atom stereocenters. The molecule has 1 aromatic carbocycles. The summed E-state index contributed by atoms with van der Waals surface area (Å²) in [5.41, 5.74) is 7.19. The Labute approximate surface area is 106 Å². The van der Waals surface area contributed by atoms with Crippen molar-refractivity contribution in [3.05, 3.63) is 53.7 Å². The zero-order valence-electron chi connectivity index (χ0n) is 10.00. The second-order valence-electron chi connectivity index (χ2n) is 3.93. The summed E-state index contributed by atoms with van der Waals surface area (Å²) in [6, 6.07) is 12.8. The SMILES string of the molecule is C[C@H](N)c1cccc(Oc2ncccc2C#N)c1. The molecule has 0 aliphatic heterocycles. The van der Waals surface area contributed by atoms with Crippen molar-refractivity contribution in [3.63, 3.8) is 0 Å². The molecular formula is C14H13N3O. The summed E-state index contributed by atoms with van der Waals surface area (Å²) in [5, 5.41) is 8.95. The van der Waals surface area contributed by atoms with Gasteiger partial charge in [-0.2, -0.15) is 5.26 Å². The van der Waals surface area contributed by atoms with E-state index >= 15 is 0 Å². The quantitative estimate of drug-likeness (QED) is 0.893. The third kappa shape index (κ3) is 2.65. The van der Waals surface area contributed by atoms with Crippen molar-refractivity contribution >= 4 is 0 Å². The summed E-state index contributed by atoms with van der Waals surface area (Å²) in [6.45, 7) is 1.90. The summed E-state index contributed by atoms with van der Waals surface area (Å²) >= 11 is 0. The van der Waals surface area contributed by atoms with Gasteiger partial charge in [0.1, 0.15) is 17.4 Å². The predicted octanol–water partition coefficient (Wildman–Crippen LogP) is 2.77. The van der Waals surface area contributed by atoms with Crippen LogP contribution in [0.3, 0.4) is 0 Å². The lowest BCUT2D eigenvalue weighted by Crippen LogP contribution is -2.04. The number of hydrogen-bond acceptors (Lipinski definition) is 4. The number of hydrogen-bond donors (Lipinski definition) is 1. The van der Waals surface area contributed by atoms with Crippen LogP contribution < -0.4 is 10.5 Å². The first kappa shape index (κ1) is 12.1. The van der Waals surface area contributed by atoms with Crippen LogP contribution in [-0.4, -0.2) is 4.98 Å². The number of ether oxygens (including phenoxy) is 1. The molecule has 4 nitrogen and oxygen atoms in total. The molecule has 0 saturated heterocycles. The first-order valence-corrected chi connectivity index (χ1v) is 5.59. The molecule has 2 aromatic rings. The Morgan fingerprint density at radius 3 is 2.89 bits per heavy atom. The zero-order valence-corrected chi connectivity index (χ0v) is 10.00. The van der Waals surface area contributed by atoms with Crippen LogP contribution in [0.4, 0.5) is 0 Å². The fourth-order valence-electron chi connectivity index (χ4n) is 1.53. The molecule has 2 N–H and O–H groups in total. The normalized spacial score (nSPS) is 11.6. The molecule has 90 valence electrons. The minimum atomic E-state index is -0.0623. The van der Waals surface area contributed by atoms with Gasteiger partial charge in [0.2, 0.25) is 5.88 Å². The molecule has 4 heteroatoms. The summed E-state index contributed by atoms with van der Waals surface area (Å²) in [5.74, 6) is 0.932. The van der Waals surface area contributed by atoms with Gasteiger partial charge in [-0.3, -0.25) is 0 Å². The highest BCUT2D eigenvalue weighted by Gasteiger charge is 2.06. The van der Waals surface area contributed by atoms with Gasteiger partial charge in [-0.05, 0) is 36.8 Å². The molecule has 0 amide bonds. The van der Waals surface area contributed by atoms with Crippen LogP contribution in [0.25, 0.3) is 0 Å². The van der Waals surface area contributed by atoms with Crippen LogP contribution in [0.2, 0.25) is 0 Å². The van der Waals surface area contributed by atoms with E-state index in [4.69, 9.17) is 15.7 Å². The lowest BCUT2D eigenvalue weighted by atomic mass is 10.1. The molecule has 2 rings (SSSR count). The average molecular weight is 239 g/mol. The van der Waals surface area contributed by atoms with Crippen LogP contribution in [-0.2, 0) is 0 Å². The summed E-state index contributed by atoms with van der Waals surface area (Å²) in [7, 11) is 0. The molecule has 1 aromatic heterocycles. The van der Waals surface area contributed by atoms with E-state index in [0.29, 0.717) is 17.2 Å². The maximum absolute atomic E-state index is 8.95. The van der Waals surface area contributed by atoms with E-state index < -0.39 is 0 Å². The number of aromatic nitrogens is 1. The van der Waals surface area contributed by atoms with Crippen molar-refractivity contribution in [1.29, 1.82) is 5.26 Å². The molecular weight excluding hydrogens is 226 g/mol. The van der Waals surface area contributed by atoms with Crippen molar-refractivity contribution in [2.75, 3.05) is 0 Å². The molecule has 0 aliphatic rings. The third-order valence-corrected chi connectivity index (χ3v) is 2.49. The first-order chi connectivity index (χ1) is 8.70. The lowest BCUT2D eigenvalue weighted by Gasteiger charge is -2.09. The molecule has 0 spiro atoms. The van der Waals surface area contributed by atoms with E-state index in [2.05, 4.69) is 4.98 Å². The highest BCUT2D eigenvalue weighted by atomic mass is 16.5. The standard InChI is InChI=1S/C14H13N3O/c1-10(16)11-4-2-6-13(8-11)18-14-12(9-15)5-3-7-17-14/h2-8,10H,16H2,1H3/t10-/m0/s1. The van der Waals surface area contributed by atoms with Gasteiger partial charge < -0.3 is 10.5 Å². The predicted molar refractivity (Wildman–Crippen MR) is 68.1 cm³/mol. The fourth-order valence-corrected chi connectivity index (χ4v) is 1.53. The highest BCUT2D eigenvalue weighted by molar-refractivity contribution is 5.41. The van der Waals surface area contributed by atoms with Gasteiger partial charge in [0.25, 0.3) is 0 Å². The lowest BCUT2D eigenvalue weighted by molar-refractivity contribution is 0.460. The number of nitrogens with zero attached hydrogens (tertiary/aromatic N) is 2. The topological polar surface area (TPSA) is 71.9 Å². The van der Waals surface area contributed by atoms with Gasteiger partial charge in [-0.25, -0.2) is 4.98 Å². The second kappa shape index (κ2) is 5.30.